The summed E-state index contributed by atoms with van der Waals surface area (Å²) in [6, 6.07) is 8.05. The fraction of sp³-hybridized carbons (Fsp3) is 0.385. The third-order valence-electron chi connectivity index (χ3n) is 3.00. The lowest BCUT2D eigenvalue weighted by atomic mass is 10.3. The van der Waals surface area contributed by atoms with E-state index in [1.807, 2.05) is 49.7 Å². The molecule has 0 fully saturated rings. The number of hydrogen-bond acceptors (Lipinski definition) is 2. The highest BCUT2D eigenvalue weighted by Crippen LogP contribution is 2.12. The van der Waals surface area contributed by atoms with Crippen molar-refractivity contribution in [3.8, 4) is 0 Å². The van der Waals surface area contributed by atoms with Gasteiger partial charge in [0.25, 0.3) is 0 Å². The summed E-state index contributed by atoms with van der Waals surface area (Å²) < 4.78 is 1.89. The summed E-state index contributed by atoms with van der Waals surface area (Å²) in [6.07, 6.45) is 1.72. The van der Waals surface area contributed by atoms with Crippen molar-refractivity contribution in [1.82, 2.24) is 14.5 Å². The molecule has 4 nitrogen and oxygen atoms in total. The number of benzene rings is 1. The summed E-state index contributed by atoms with van der Waals surface area (Å²) in [6.45, 7) is 4.35. The van der Waals surface area contributed by atoms with Crippen molar-refractivity contribution in [2.75, 3.05) is 7.05 Å². The molecule has 1 aromatic carbocycles. The fourth-order valence-electron chi connectivity index (χ4n) is 1.68. The molecule has 0 saturated heterocycles. The van der Waals surface area contributed by atoms with Crippen molar-refractivity contribution in [3.05, 3.63) is 30.6 Å². The standard InChI is InChI=1S/C13H17N3O/c1-10(2)15(3)13(17)8-16-9-14-11-6-4-5-7-12(11)16/h4-7,9-10H,8H2,1-3H3. The molecule has 2 aromatic rings. The van der Waals surface area contributed by atoms with Crippen molar-refractivity contribution in [3.63, 3.8) is 0 Å². The molecule has 0 atom stereocenters. The van der Waals surface area contributed by atoms with E-state index in [1.165, 1.54) is 0 Å². The molecule has 0 unspecified atom stereocenters. The number of carbonyl (C=O) groups excluding carboxylic acids is 1. The van der Waals surface area contributed by atoms with E-state index in [2.05, 4.69) is 4.98 Å². The van der Waals surface area contributed by atoms with Crippen LogP contribution in [0.5, 0.6) is 0 Å². The molecule has 17 heavy (non-hydrogen) atoms. The molecular formula is C13H17N3O. The van der Waals surface area contributed by atoms with Crippen molar-refractivity contribution in [2.45, 2.75) is 26.4 Å². The van der Waals surface area contributed by atoms with E-state index in [9.17, 15) is 4.79 Å². The van der Waals surface area contributed by atoms with Crippen LogP contribution in [0.2, 0.25) is 0 Å². The van der Waals surface area contributed by atoms with Gasteiger partial charge in [-0.15, -0.1) is 0 Å². The van der Waals surface area contributed by atoms with Crippen LogP contribution in [0.25, 0.3) is 11.0 Å². The van der Waals surface area contributed by atoms with Gasteiger partial charge in [-0.3, -0.25) is 4.79 Å². The Kier molecular flexibility index (Phi) is 3.13. The number of fused-ring (bicyclic) bond motifs is 1. The Hall–Kier alpha value is -1.84. The number of carbonyl (C=O) groups is 1. The van der Waals surface area contributed by atoms with Gasteiger partial charge in [-0.05, 0) is 26.0 Å². The second-order valence-corrected chi connectivity index (χ2v) is 4.46. The first-order valence-electron chi connectivity index (χ1n) is 5.75. The third kappa shape index (κ3) is 2.30. The lowest BCUT2D eigenvalue weighted by Crippen LogP contribution is -2.35. The Bertz CT molecular complexity index is 530. The molecule has 1 heterocycles. The number of imidazole rings is 1. The van der Waals surface area contributed by atoms with Crippen molar-refractivity contribution < 1.29 is 4.79 Å². The first-order valence-corrected chi connectivity index (χ1v) is 5.75. The number of amides is 1. The van der Waals surface area contributed by atoms with Gasteiger partial charge in [0.15, 0.2) is 0 Å². The number of likely N-dealkylation sites (N-methyl/N-ethyl adjacent to an activating group) is 1. The number of rotatable bonds is 3. The minimum Gasteiger partial charge on any atom is -0.342 e. The predicted octanol–water partition coefficient (Wildman–Crippen LogP) is 1.90. The summed E-state index contributed by atoms with van der Waals surface area (Å²) in [5, 5.41) is 0. The molecule has 0 aliphatic heterocycles. The highest BCUT2D eigenvalue weighted by atomic mass is 16.2. The molecule has 0 bridgehead atoms. The minimum absolute atomic E-state index is 0.100. The number of nitrogens with zero attached hydrogens (tertiary/aromatic N) is 3. The topological polar surface area (TPSA) is 38.1 Å². The normalized spacial score (nSPS) is 11.1. The average Bonchev–Trinajstić information content (AvgIpc) is 2.71. The Labute approximate surface area is 101 Å². The van der Waals surface area contributed by atoms with E-state index >= 15 is 0 Å². The number of para-hydroxylation sites is 2. The zero-order valence-corrected chi connectivity index (χ0v) is 10.4. The van der Waals surface area contributed by atoms with Gasteiger partial charge in [0.05, 0.1) is 17.4 Å². The van der Waals surface area contributed by atoms with Crippen molar-refractivity contribution >= 4 is 16.9 Å². The van der Waals surface area contributed by atoms with Gasteiger partial charge >= 0.3 is 0 Å². The Morgan fingerprint density at radius 2 is 2.12 bits per heavy atom. The maximum absolute atomic E-state index is 12.0. The highest BCUT2D eigenvalue weighted by Gasteiger charge is 2.13. The van der Waals surface area contributed by atoms with Gasteiger partial charge in [0.1, 0.15) is 6.54 Å². The second kappa shape index (κ2) is 4.57. The minimum atomic E-state index is 0.100. The molecule has 1 aromatic heterocycles. The van der Waals surface area contributed by atoms with Gasteiger partial charge in [0, 0.05) is 13.1 Å². The lowest BCUT2D eigenvalue weighted by Gasteiger charge is -2.21. The molecule has 0 radical (unpaired) electrons. The van der Waals surface area contributed by atoms with Gasteiger partial charge in [-0.25, -0.2) is 4.98 Å². The molecule has 2 rings (SSSR count). The van der Waals surface area contributed by atoms with Crippen LogP contribution in [0.15, 0.2) is 30.6 Å². The fourth-order valence-corrected chi connectivity index (χ4v) is 1.68. The summed E-state index contributed by atoms with van der Waals surface area (Å²) in [7, 11) is 1.83. The lowest BCUT2D eigenvalue weighted by molar-refractivity contribution is -0.131. The zero-order valence-electron chi connectivity index (χ0n) is 10.4. The first kappa shape index (κ1) is 11.6. The maximum atomic E-state index is 12.0. The molecule has 90 valence electrons. The van der Waals surface area contributed by atoms with Crippen LogP contribution in [-0.2, 0) is 11.3 Å². The Morgan fingerprint density at radius 3 is 2.82 bits per heavy atom. The van der Waals surface area contributed by atoms with E-state index in [1.54, 1.807) is 11.2 Å². The van der Waals surface area contributed by atoms with Gasteiger partial charge in [-0.1, -0.05) is 12.1 Å². The second-order valence-electron chi connectivity index (χ2n) is 4.46. The first-order chi connectivity index (χ1) is 8.09. The van der Waals surface area contributed by atoms with E-state index in [0.29, 0.717) is 6.54 Å². The van der Waals surface area contributed by atoms with E-state index < -0.39 is 0 Å². The molecule has 4 heteroatoms. The summed E-state index contributed by atoms with van der Waals surface area (Å²) >= 11 is 0. The third-order valence-corrected chi connectivity index (χ3v) is 3.00. The molecule has 0 aliphatic carbocycles. The smallest absolute Gasteiger partial charge is 0.242 e. The molecule has 0 aliphatic rings. The molecule has 0 N–H and O–H groups in total. The molecule has 0 spiro atoms. The van der Waals surface area contributed by atoms with Crippen molar-refractivity contribution in [2.24, 2.45) is 0 Å². The van der Waals surface area contributed by atoms with Crippen LogP contribution in [0.1, 0.15) is 13.8 Å². The van der Waals surface area contributed by atoms with E-state index in [-0.39, 0.29) is 11.9 Å². The molecule has 0 saturated carbocycles. The average molecular weight is 231 g/mol. The quantitative estimate of drug-likeness (QED) is 0.809. The zero-order chi connectivity index (χ0) is 12.4. The summed E-state index contributed by atoms with van der Waals surface area (Å²) in [5.41, 5.74) is 1.92. The number of hydrogen-bond donors (Lipinski definition) is 0. The van der Waals surface area contributed by atoms with Crippen LogP contribution in [0.3, 0.4) is 0 Å². The maximum Gasteiger partial charge on any atom is 0.242 e. The largest absolute Gasteiger partial charge is 0.342 e. The van der Waals surface area contributed by atoms with Gasteiger partial charge in [0.2, 0.25) is 5.91 Å². The highest BCUT2D eigenvalue weighted by molar-refractivity contribution is 5.80. The van der Waals surface area contributed by atoms with Gasteiger partial charge in [-0.2, -0.15) is 0 Å². The van der Waals surface area contributed by atoms with Crippen LogP contribution in [0, 0.1) is 0 Å². The monoisotopic (exact) mass is 231 g/mol. The summed E-state index contributed by atoms with van der Waals surface area (Å²) in [5.74, 6) is 0.100. The Morgan fingerprint density at radius 1 is 1.41 bits per heavy atom. The van der Waals surface area contributed by atoms with E-state index in [0.717, 1.165) is 11.0 Å². The van der Waals surface area contributed by atoms with Crippen LogP contribution in [-0.4, -0.2) is 33.4 Å². The van der Waals surface area contributed by atoms with Crippen LogP contribution in [0.4, 0.5) is 0 Å². The van der Waals surface area contributed by atoms with Crippen molar-refractivity contribution in [1.29, 1.82) is 0 Å². The SMILES string of the molecule is CC(C)N(C)C(=O)Cn1cnc2ccccc21. The van der Waals surface area contributed by atoms with E-state index in [4.69, 9.17) is 0 Å². The molecular weight excluding hydrogens is 214 g/mol. The van der Waals surface area contributed by atoms with Gasteiger partial charge < -0.3 is 9.47 Å². The predicted molar refractivity (Wildman–Crippen MR) is 67.6 cm³/mol. The number of aromatic nitrogens is 2. The Balaban J connectivity index is 2.22. The van der Waals surface area contributed by atoms with Crippen LogP contribution < -0.4 is 0 Å². The molecule has 1 amide bonds. The van der Waals surface area contributed by atoms with Crippen LogP contribution >= 0.6 is 0 Å². The summed E-state index contributed by atoms with van der Waals surface area (Å²) in [4.78, 5) is 18.0.